The maximum atomic E-state index is 12.3. The van der Waals surface area contributed by atoms with Crippen molar-refractivity contribution in [2.24, 2.45) is 10.8 Å². The van der Waals surface area contributed by atoms with Crippen molar-refractivity contribution in [3.05, 3.63) is 117 Å². The van der Waals surface area contributed by atoms with Crippen LogP contribution in [0, 0.1) is 10.8 Å². The molecule has 2 aliphatic carbocycles. The molecule has 8 heteroatoms. The van der Waals surface area contributed by atoms with Gasteiger partial charge in [-0.15, -0.1) is 0 Å². The Morgan fingerprint density at radius 3 is 1.29 bits per heavy atom. The Bertz CT molecular complexity index is 1670. The van der Waals surface area contributed by atoms with Crippen LogP contribution in [0.1, 0.15) is 146 Å². The highest BCUT2D eigenvalue weighted by Gasteiger charge is 2.27. The molecule has 0 aromatic carbocycles. The van der Waals surface area contributed by atoms with E-state index in [0.29, 0.717) is 39.6 Å². The molecular weight excluding hydrogens is 821 g/mol. The van der Waals surface area contributed by atoms with Crippen molar-refractivity contribution in [2.75, 3.05) is 79.9 Å². The van der Waals surface area contributed by atoms with E-state index in [1.165, 1.54) is 72.0 Å². The van der Waals surface area contributed by atoms with Crippen molar-refractivity contribution in [1.29, 1.82) is 0 Å². The van der Waals surface area contributed by atoms with E-state index in [4.69, 9.17) is 18.9 Å². The van der Waals surface area contributed by atoms with Crippen LogP contribution in [0.25, 0.3) is 0 Å². The van der Waals surface area contributed by atoms with Crippen LogP contribution < -0.4 is 0 Å². The van der Waals surface area contributed by atoms with E-state index in [0.717, 1.165) is 75.9 Å². The Hall–Kier alpha value is -3.82. The van der Waals surface area contributed by atoms with Crippen LogP contribution in [0.15, 0.2) is 117 Å². The number of unbranched alkanes of at least 4 members (excludes halogenated alkanes) is 4. The molecule has 0 spiro atoms. The molecular formula is C58H92N2O6. The molecule has 0 atom stereocenters. The van der Waals surface area contributed by atoms with E-state index in [1.54, 1.807) is 12.2 Å². The first-order valence-corrected chi connectivity index (χ1v) is 25.1. The quantitative estimate of drug-likeness (QED) is 0.0295. The summed E-state index contributed by atoms with van der Waals surface area (Å²) in [5.41, 5.74) is 10.5. The van der Waals surface area contributed by atoms with Gasteiger partial charge < -0.3 is 28.7 Å². The lowest BCUT2D eigenvalue weighted by Crippen LogP contribution is -2.26. The van der Waals surface area contributed by atoms with E-state index in [2.05, 4.69) is 116 Å². The summed E-state index contributed by atoms with van der Waals surface area (Å²) in [5.74, 6) is -0.571. The van der Waals surface area contributed by atoms with Gasteiger partial charge in [0.15, 0.2) is 0 Å². The van der Waals surface area contributed by atoms with E-state index in [-0.39, 0.29) is 22.8 Å². The number of carbonyl (C=O) groups excluding carboxylic acids is 2. The second kappa shape index (κ2) is 32.8. The lowest BCUT2D eigenvalue weighted by atomic mass is 9.72. The standard InChI is InChI=1S/C58H92N2O6/c1-47(29-31-53-51(5)27-21-33-57(53,7)8)23-19-25-49(3)45-55(61)65-39-17-13-15-35-59(11)37-41-63-43-44-64-42-38-60(12)36-16-14-18-40-66-56(62)46-50(4)26-20-24-48(2)30-32-54-52(6)28-22-34-58(54,9)10/h19-20,23-26,29-32,45-46H,13-18,21-22,27-28,33-44H2,1-12H3/b25-19+,26-20+,31-29+,32-30+,47-23+,48-24+,49-45+,50-46+. The third-order valence-corrected chi connectivity index (χ3v) is 12.7. The second-order valence-electron chi connectivity index (χ2n) is 20.1. The number of hydrogen-bond donors (Lipinski definition) is 0. The van der Waals surface area contributed by atoms with Gasteiger partial charge >= 0.3 is 11.9 Å². The minimum Gasteiger partial charge on any atom is -0.463 e. The third kappa shape index (κ3) is 26.5. The van der Waals surface area contributed by atoms with Crippen LogP contribution in [0.4, 0.5) is 0 Å². The summed E-state index contributed by atoms with van der Waals surface area (Å²) in [6.07, 6.45) is 37.4. The molecule has 8 nitrogen and oxygen atoms in total. The van der Waals surface area contributed by atoms with Crippen molar-refractivity contribution in [3.8, 4) is 0 Å². The van der Waals surface area contributed by atoms with E-state index < -0.39 is 0 Å². The maximum absolute atomic E-state index is 12.3. The molecule has 0 N–H and O–H groups in total. The second-order valence-corrected chi connectivity index (χ2v) is 20.1. The number of hydrogen-bond acceptors (Lipinski definition) is 8. The molecule has 0 bridgehead atoms. The zero-order valence-corrected chi connectivity index (χ0v) is 43.8. The molecule has 0 amide bonds. The molecule has 370 valence electrons. The fourth-order valence-corrected chi connectivity index (χ4v) is 8.47. The molecule has 0 aliphatic heterocycles. The third-order valence-electron chi connectivity index (χ3n) is 12.7. The summed E-state index contributed by atoms with van der Waals surface area (Å²) >= 11 is 0. The predicted octanol–water partition coefficient (Wildman–Crippen LogP) is 13.4. The number of ether oxygens (including phenoxy) is 4. The molecule has 0 saturated carbocycles. The molecule has 0 unspecified atom stereocenters. The van der Waals surface area contributed by atoms with Crippen LogP contribution >= 0.6 is 0 Å². The summed E-state index contributed by atoms with van der Waals surface area (Å²) in [4.78, 5) is 29.1. The van der Waals surface area contributed by atoms with Gasteiger partial charge in [0.2, 0.25) is 0 Å². The average Bonchev–Trinajstić information content (AvgIpc) is 3.23. The van der Waals surface area contributed by atoms with Gasteiger partial charge in [0.1, 0.15) is 0 Å². The van der Waals surface area contributed by atoms with Crippen LogP contribution in [-0.2, 0) is 28.5 Å². The van der Waals surface area contributed by atoms with Gasteiger partial charge in [0.25, 0.3) is 0 Å². The molecule has 0 saturated heterocycles. The van der Waals surface area contributed by atoms with E-state index in [1.807, 2.05) is 38.2 Å². The Morgan fingerprint density at radius 2 is 0.909 bits per heavy atom. The Kier molecular flexibility index (Phi) is 29.0. The molecule has 0 heterocycles. The summed E-state index contributed by atoms with van der Waals surface area (Å²) in [6.45, 7) is 29.1. The van der Waals surface area contributed by atoms with Crippen LogP contribution in [0.3, 0.4) is 0 Å². The van der Waals surface area contributed by atoms with Crippen molar-refractivity contribution < 1.29 is 28.5 Å². The number of likely N-dealkylation sites (N-methyl/N-ethyl adjacent to an activating group) is 2. The highest BCUT2D eigenvalue weighted by atomic mass is 16.5. The van der Waals surface area contributed by atoms with Gasteiger partial charge in [0.05, 0.1) is 39.6 Å². The van der Waals surface area contributed by atoms with E-state index >= 15 is 0 Å². The molecule has 2 aliphatic rings. The molecule has 0 fully saturated rings. The summed E-state index contributed by atoms with van der Waals surface area (Å²) in [6, 6.07) is 0. The fourth-order valence-electron chi connectivity index (χ4n) is 8.47. The number of allylic oxidation sites excluding steroid dienone is 18. The summed E-state index contributed by atoms with van der Waals surface area (Å²) in [5, 5.41) is 0. The number of nitrogens with zero attached hydrogens (tertiary/aromatic N) is 2. The number of rotatable bonds is 31. The first-order chi connectivity index (χ1) is 31.4. The minimum absolute atomic E-state index is 0.238. The fraction of sp³-hybridized carbons (Fsp3) is 0.621. The summed E-state index contributed by atoms with van der Waals surface area (Å²) in [7, 11) is 4.22. The smallest absolute Gasteiger partial charge is 0.331 e. The first-order valence-electron chi connectivity index (χ1n) is 25.1. The first kappa shape index (κ1) is 58.3. The maximum Gasteiger partial charge on any atom is 0.331 e. The Labute approximate surface area is 403 Å². The van der Waals surface area contributed by atoms with Crippen molar-refractivity contribution in [1.82, 2.24) is 9.80 Å². The monoisotopic (exact) mass is 913 g/mol. The molecule has 2 rings (SSSR count). The topological polar surface area (TPSA) is 77.5 Å². The van der Waals surface area contributed by atoms with Crippen LogP contribution in [0.5, 0.6) is 0 Å². The number of esters is 2. The van der Waals surface area contributed by atoms with Gasteiger partial charge in [-0.3, -0.25) is 0 Å². The van der Waals surface area contributed by atoms with Gasteiger partial charge in [-0.05, 0) is 179 Å². The highest BCUT2D eigenvalue weighted by Crippen LogP contribution is 2.41. The molecule has 0 aromatic rings. The average molecular weight is 913 g/mol. The SMILES string of the molecule is CC1=C(/C=C/C(C)=C/C=C/C(C)=C/C(=O)OCCCCCN(C)CCOCCOCCN(C)CCCCCOC(=O)/C=C(C)/C=C/C=C(C)/C=C/C2=C(C)CCCC2(C)C)C(C)(C)CCC1. The Balaban J connectivity index is 1.42. The van der Waals surface area contributed by atoms with Crippen LogP contribution in [-0.4, -0.2) is 102 Å². The van der Waals surface area contributed by atoms with E-state index in [9.17, 15) is 9.59 Å². The summed E-state index contributed by atoms with van der Waals surface area (Å²) < 4.78 is 22.5. The molecule has 66 heavy (non-hydrogen) atoms. The van der Waals surface area contributed by atoms with Crippen molar-refractivity contribution in [2.45, 2.75) is 146 Å². The van der Waals surface area contributed by atoms with Gasteiger partial charge in [-0.2, -0.15) is 0 Å². The van der Waals surface area contributed by atoms with Crippen LogP contribution in [0.2, 0.25) is 0 Å². The van der Waals surface area contributed by atoms with Gasteiger partial charge in [0, 0.05) is 25.2 Å². The lowest BCUT2D eigenvalue weighted by Gasteiger charge is -2.33. The number of carbonyl (C=O) groups is 2. The van der Waals surface area contributed by atoms with Gasteiger partial charge in [-0.1, -0.05) is 111 Å². The largest absolute Gasteiger partial charge is 0.463 e. The Morgan fingerprint density at radius 1 is 0.515 bits per heavy atom. The zero-order valence-electron chi connectivity index (χ0n) is 43.8. The predicted molar refractivity (Wildman–Crippen MR) is 279 cm³/mol. The normalized spacial score (nSPS) is 17.8. The molecule has 0 radical (unpaired) electrons. The zero-order chi connectivity index (χ0) is 48.8. The minimum atomic E-state index is -0.286. The highest BCUT2D eigenvalue weighted by molar-refractivity contribution is 5.83. The van der Waals surface area contributed by atoms with Crippen molar-refractivity contribution in [3.63, 3.8) is 0 Å². The van der Waals surface area contributed by atoms with Crippen molar-refractivity contribution >= 4 is 11.9 Å². The molecule has 0 aromatic heterocycles. The lowest BCUT2D eigenvalue weighted by molar-refractivity contribution is -0.138. The van der Waals surface area contributed by atoms with Gasteiger partial charge in [-0.25, -0.2) is 9.59 Å².